The Kier molecular flexibility index (Phi) is 9.05. The molecule has 8 heteroatoms. The Morgan fingerprint density at radius 3 is 2.73 bits per heavy atom. The van der Waals surface area contributed by atoms with Crippen molar-refractivity contribution in [1.82, 2.24) is 14.9 Å². The van der Waals surface area contributed by atoms with E-state index in [1.54, 1.807) is 6.07 Å². The van der Waals surface area contributed by atoms with Crippen molar-refractivity contribution >= 4 is 41.6 Å². The molecule has 1 saturated carbocycles. The Morgan fingerprint density at radius 1 is 1.23 bits per heavy atom. The molecule has 0 saturated heterocycles. The van der Waals surface area contributed by atoms with Gasteiger partial charge in [-0.25, -0.2) is 4.98 Å². The van der Waals surface area contributed by atoms with Gasteiger partial charge in [0.2, 0.25) is 5.91 Å². The van der Waals surface area contributed by atoms with E-state index in [0.29, 0.717) is 29.9 Å². The maximum atomic E-state index is 12.4. The van der Waals surface area contributed by atoms with E-state index in [9.17, 15) is 9.59 Å². The quantitative estimate of drug-likeness (QED) is 0.804. The minimum atomic E-state index is -0.106. The molecular weight excluding hydrogens is 375 g/mol. The van der Waals surface area contributed by atoms with E-state index in [4.69, 9.17) is 5.73 Å². The van der Waals surface area contributed by atoms with Gasteiger partial charge in [-0.15, -0.1) is 24.8 Å². The van der Waals surface area contributed by atoms with Crippen LogP contribution >= 0.6 is 24.8 Å². The van der Waals surface area contributed by atoms with Crippen molar-refractivity contribution < 1.29 is 4.79 Å². The van der Waals surface area contributed by atoms with Gasteiger partial charge in [-0.3, -0.25) is 14.2 Å². The molecule has 2 unspecified atom stereocenters. The Labute approximate surface area is 165 Å². The first-order chi connectivity index (χ1) is 11.7. The third-order valence-electron chi connectivity index (χ3n) is 4.87. The van der Waals surface area contributed by atoms with E-state index in [-0.39, 0.29) is 48.7 Å². The topological polar surface area (TPSA) is 90.0 Å². The summed E-state index contributed by atoms with van der Waals surface area (Å²) in [5.74, 6) is 0.341. The largest absolute Gasteiger partial charge is 0.353 e. The second-order valence-electron chi connectivity index (χ2n) is 6.46. The van der Waals surface area contributed by atoms with Crippen molar-refractivity contribution in [1.29, 1.82) is 0 Å². The molecule has 0 spiro atoms. The number of rotatable bonds is 5. The lowest BCUT2D eigenvalue weighted by atomic mass is 9.84. The molecule has 26 heavy (non-hydrogen) atoms. The average molecular weight is 401 g/mol. The van der Waals surface area contributed by atoms with Crippen molar-refractivity contribution in [2.24, 2.45) is 11.7 Å². The fraction of sp³-hybridized carbons (Fsp3) is 0.500. The molecule has 2 atom stereocenters. The van der Waals surface area contributed by atoms with Gasteiger partial charge in [0.05, 0.1) is 17.2 Å². The number of benzene rings is 1. The van der Waals surface area contributed by atoms with Crippen LogP contribution in [0.5, 0.6) is 0 Å². The number of amides is 1. The number of hydrogen-bond acceptors (Lipinski definition) is 4. The van der Waals surface area contributed by atoms with Crippen LogP contribution in [0.1, 0.15) is 32.1 Å². The summed E-state index contributed by atoms with van der Waals surface area (Å²) in [5, 5.41) is 3.67. The number of fused-ring (bicyclic) bond motifs is 1. The van der Waals surface area contributed by atoms with Gasteiger partial charge in [0.15, 0.2) is 0 Å². The highest BCUT2D eigenvalue weighted by Gasteiger charge is 2.25. The van der Waals surface area contributed by atoms with Gasteiger partial charge >= 0.3 is 0 Å². The zero-order valence-corrected chi connectivity index (χ0v) is 16.2. The number of halogens is 2. The minimum Gasteiger partial charge on any atom is -0.353 e. The van der Waals surface area contributed by atoms with Crippen LogP contribution in [-0.4, -0.2) is 28.0 Å². The monoisotopic (exact) mass is 400 g/mol. The van der Waals surface area contributed by atoms with Crippen molar-refractivity contribution in [2.75, 3.05) is 6.54 Å². The number of para-hydroxylation sites is 1. The van der Waals surface area contributed by atoms with Crippen LogP contribution in [0.4, 0.5) is 0 Å². The maximum absolute atomic E-state index is 12.4. The molecule has 1 fully saturated rings. The van der Waals surface area contributed by atoms with Crippen molar-refractivity contribution in [3.63, 3.8) is 0 Å². The van der Waals surface area contributed by atoms with Crippen LogP contribution in [0.15, 0.2) is 35.4 Å². The van der Waals surface area contributed by atoms with E-state index < -0.39 is 0 Å². The second kappa shape index (κ2) is 10.5. The summed E-state index contributed by atoms with van der Waals surface area (Å²) >= 11 is 0. The van der Waals surface area contributed by atoms with Crippen LogP contribution in [-0.2, 0) is 11.3 Å². The Balaban J connectivity index is 0.00000169. The zero-order chi connectivity index (χ0) is 16.9. The van der Waals surface area contributed by atoms with Gasteiger partial charge in [0, 0.05) is 19.0 Å². The highest BCUT2D eigenvalue weighted by molar-refractivity contribution is 5.85. The molecule has 1 aliphatic carbocycles. The number of nitrogens with two attached hydrogens (primary N) is 1. The molecule has 1 aromatic carbocycles. The van der Waals surface area contributed by atoms with Gasteiger partial charge in [0.25, 0.3) is 5.56 Å². The van der Waals surface area contributed by atoms with Gasteiger partial charge < -0.3 is 11.1 Å². The normalized spacial score (nSPS) is 19.3. The maximum Gasteiger partial charge on any atom is 0.261 e. The number of aromatic nitrogens is 2. The van der Waals surface area contributed by atoms with E-state index in [2.05, 4.69) is 10.3 Å². The molecule has 6 nitrogen and oxygen atoms in total. The molecule has 2 aromatic rings. The van der Waals surface area contributed by atoms with E-state index in [1.807, 2.05) is 18.2 Å². The van der Waals surface area contributed by atoms with Crippen molar-refractivity contribution in [3.8, 4) is 0 Å². The molecule has 1 amide bonds. The number of carbonyl (C=O) groups is 1. The van der Waals surface area contributed by atoms with Crippen LogP contribution in [0.25, 0.3) is 10.9 Å². The summed E-state index contributed by atoms with van der Waals surface area (Å²) < 4.78 is 1.50. The summed E-state index contributed by atoms with van der Waals surface area (Å²) in [6.07, 6.45) is 6.18. The lowest BCUT2D eigenvalue weighted by Gasteiger charge is -2.31. The lowest BCUT2D eigenvalue weighted by molar-refractivity contribution is -0.122. The summed E-state index contributed by atoms with van der Waals surface area (Å²) in [5.41, 5.74) is 6.37. The van der Waals surface area contributed by atoms with Crippen LogP contribution in [0, 0.1) is 5.92 Å². The first-order valence-electron chi connectivity index (χ1n) is 8.62. The molecule has 3 rings (SSSR count). The molecule has 0 radical (unpaired) electrons. The third kappa shape index (κ3) is 5.19. The number of nitrogens with one attached hydrogen (secondary N) is 1. The summed E-state index contributed by atoms with van der Waals surface area (Å²) in [7, 11) is 0. The first kappa shape index (κ1) is 22.4. The number of carbonyl (C=O) groups excluding carboxylic acids is 1. The summed E-state index contributed by atoms with van der Waals surface area (Å²) in [6.45, 7) is 0.946. The van der Waals surface area contributed by atoms with Gasteiger partial charge in [-0.1, -0.05) is 25.0 Å². The molecule has 144 valence electrons. The van der Waals surface area contributed by atoms with Crippen LogP contribution < -0.4 is 16.6 Å². The number of hydrogen-bond donors (Lipinski definition) is 2. The van der Waals surface area contributed by atoms with Crippen molar-refractivity contribution in [2.45, 2.75) is 44.7 Å². The molecule has 1 aromatic heterocycles. The standard InChI is InChI=1S/C18H24N4O2.2ClH/c19-11-13-5-1-3-7-15(13)21-17(23)9-10-22-12-20-16-8-4-2-6-14(16)18(22)24;;/h2,4,6,8,12-13,15H,1,3,5,7,9-11,19H2,(H,21,23);2*1H. The van der Waals surface area contributed by atoms with Crippen LogP contribution in [0.3, 0.4) is 0 Å². The Morgan fingerprint density at radius 2 is 1.96 bits per heavy atom. The molecule has 1 aliphatic rings. The van der Waals surface area contributed by atoms with E-state index in [0.717, 1.165) is 19.3 Å². The van der Waals surface area contributed by atoms with Crippen LogP contribution in [0.2, 0.25) is 0 Å². The highest BCUT2D eigenvalue weighted by Crippen LogP contribution is 2.23. The molecule has 0 aliphatic heterocycles. The van der Waals surface area contributed by atoms with Gasteiger partial charge in [-0.05, 0) is 37.4 Å². The number of nitrogens with zero attached hydrogens (tertiary/aromatic N) is 2. The predicted octanol–water partition coefficient (Wildman–Crippen LogP) is 2.26. The minimum absolute atomic E-state index is 0. The Hall–Kier alpha value is -1.63. The fourth-order valence-corrected chi connectivity index (χ4v) is 3.45. The molecule has 3 N–H and O–H groups in total. The number of aryl methyl sites for hydroxylation is 1. The first-order valence-corrected chi connectivity index (χ1v) is 8.62. The van der Waals surface area contributed by atoms with E-state index >= 15 is 0 Å². The zero-order valence-electron chi connectivity index (χ0n) is 14.6. The highest BCUT2D eigenvalue weighted by atomic mass is 35.5. The smallest absolute Gasteiger partial charge is 0.261 e. The Bertz CT molecular complexity index is 781. The van der Waals surface area contributed by atoms with E-state index in [1.165, 1.54) is 17.3 Å². The molecular formula is C18H26Cl2N4O2. The lowest BCUT2D eigenvalue weighted by Crippen LogP contribution is -2.45. The predicted molar refractivity (Wildman–Crippen MR) is 108 cm³/mol. The van der Waals surface area contributed by atoms with Gasteiger partial charge in [0.1, 0.15) is 0 Å². The summed E-state index contributed by atoms with van der Waals surface area (Å²) in [6, 6.07) is 7.41. The second-order valence-corrected chi connectivity index (χ2v) is 6.46. The van der Waals surface area contributed by atoms with Gasteiger partial charge in [-0.2, -0.15) is 0 Å². The SMILES string of the molecule is Cl.Cl.NCC1CCCCC1NC(=O)CCn1cnc2ccccc2c1=O. The fourth-order valence-electron chi connectivity index (χ4n) is 3.45. The molecule has 0 bridgehead atoms. The van der Waals surface area contributed by atoms with Crippen molar-refractivity contribution in [3.05, 3.63) is 40.9 Å². The molecule has 1 heterocycles. The summed E-state index contributed by atoms with van der Waals surface area (Å²) in [4.78, 5) is 28.9. The third-order valence-corrected chi connectivity index (χ3v) is 4.87. The average Bonchev–Trinajstić information content (AvgIpc) is 2.62.